The molecule has 0 bridgehead atoms. The van der Waals surface area contributed by atoms with Crippen molar-refractivity contribution in [2.75, 3.05) is 20.8 Å². The SMILES string of the molecule is COc1ccc(-c2noc(CC(CN)OC)n2)cc1Br. The Balaban J connectivity index is 2.18. The lowest BCUT2D eigenvalue weighted by atomic mass is 10.2. The number of benzene rings is 1. The molecule has 108 valence electrons. The summed E-state index contributed by atoms with van der Waals surface area (Å²) in [5.74, 6) is 1.78. The molecule has 0 amide bonds. The van der Waals surface area contributed by atoms with Gasteiger partial charge in [0.05, 0.1) is 24.1 Å². The van der Waals surface area contributed by atoms with Gasteiger partial charge in [-0.15, -0.1) is 0 Å². The van der Waals surface area contributed by atoms with E-state index < -0.39 is 0 Å². The summed E-state index contributed by atoms with van der Waals surface area (Å²) >= 11 is 3.43. The van der Waals surface area contributed by atoms with Crippen LogP contribution in [0, 0.1) is 0 Å². The lowest BCUT2D eigenvalue weighted by molar-refractivity contribution is 0.102. The molecule has 1 heterocycles. The Kier molecular flexibility index (Phi) is 5.11. The summed E-state index contributed by atoms with van der Waals surface area (Å²) in [4.78, 5) is 4.34. The summed E-state index contributed by atoms with van der Waals surface area (Å²) in [7, 11) is 3.22. The largest absolute Gasteiger partial charge is 0.496 e. The third kappa shape index (κ3) is 3.36. The second-order valence-electron chi connectivity index (χ2n) is 4.16. The second kappa shape index (κ2) is 6.83. The average Bonchev–Trinajstić information content (AvgIpc) is 2.93. The van der Waals surface area contributed by atoms with Gasteiger partial charge in [0, 0.05) is 19.2 Å². The van der Waals surface area contributed by atoms with Crippen LogP contribution in [0.25, 0.3) is 11.4 Å². The van der Waals surface area contributed by atoms with Crippen molar-refractivity contribution in [3.8, 4) is 17.1 Å². The molecule has 1 aromatic carbocycles. The van der Waals surface area contributed by atoms with E-state index in [-0.39, 0.29) is 6.10 Å². The molecular weight excluding hydrogens is 326 g/mol. The van der Waals surface area contributed by atoms with Crippen LogP contribution in [0.4, 0.5) is 0 Å². The summed E-state index contributed by atoms with van der Waals surface area (Å²) in [5.41, 5.74) is 6.41. The zero-order chi connectivity index (χ0) is 14.5. The summed E-state index contributed by atoms with van der Waals surface area (Å²) < 4.78 is 16.4. The Bertz CT molecular complexity index is 570. The average molecular weight is 342 g/mol. The van der Waals surface area contributed by atoms with Gasteiger partial charge in [-0.25, -0.2) is 0 Å². The van der Waals surface area contributed by atoms with Crippen LogP contribution in [0.2, 0.25) is 0 Å². The third-order valence-corrected chi connectivity index (χ3v) is 3.50. The van der Waals surface area contributed by atoms with Crippen molar-refractivity contribution in [1.29, 1.82) is 0 Å². The highest BCUT2D eigenvalue weighted by atomic mass is 79.9. The molecule has 0 aliphatic heterocycles. The molecule has 20 heavy (non-hydrogen) atoms. The smallest absolute Gasteiger partial charge is 0.229 e. The van der Waals surface area contributed by atoms with E-state index in [9.17, 15) is 0 Å². The van der Waals surface area contributed by atoms with Crippen molar-refractivity contribution in [1.82, 2.24) is 10.1 Å². The molecule has 0 saturated heterocycles. The molecule has 1 atom stereocenters. The number of methoxy groups -OCH3 is 2. The Morgan fingerprint density at radius 2 is 2.20 bits per heavy atom. The minimum absolute atomic E-state index is 0.120. The number of nitrogens with two attached hydrogens (primary N) is 1. The van der Waals surface area contributed by atoms with Gasteiger partial charge in [0.2, 0.25) is 11.7 Å². The van der Waals surface area contributed by atoms with Crippen LogP contribution in [0.1, 0.15) is 5.89 Å². The predicted octanol–water partition coefficient (Wildman–Crippen LogP) is 2.02. The molecule has 0 saturated carbocycles. The summed E-state index contributed by atoms with van der Waals surface area (Å²) in [6, 6.07) is 5.59. The van der Waals surface area contributed by atoms with Crippen LogP contribution in [0.5, 0.6) is 5.75 Å². The van der Waals surface area contributed by atoms with Crippen LogP contribution in [-0.4, -0.2) is 37.0 Å². The maximum Gasteiger partial charge on any atom is 0.229 e. The standard InChI is InChI=1S/C13H16BrN3O3/c1-18-9(7-15)6-12-16-13(17-20-12)8-3-4-11(19-2)10(14)5-8/h3-5,9H,6-7,15H2,1-2H3. The van der Waals surface area contributed by atoms with Crippen molar-refractivity contribution in [3.63, 3.8) is 0 Å². The van der Waals surface area contributed by atoms with Gasteiger partial charge in [0.1, 0.15) is 5.75 Å². The highest BCUT2D eigenvalue weighted by molar-refractivity contribution is 9.10. The van der Waals surface area contributed by atoms with Crippen molar-refractivity contribution >= 4 is 15.9 Å². The number of aromatic nitrogens is 2. The van der Waals surface area contributed by atoms with Gasteiger partial charge in [0.15, 0.2) is 0 Å². The molecule has 2 aromatic rings. The highest BCUT2D eigenvalue weighted by Gasteiger charge is 2.14. The maximum atomic E-state index is 5.57. The molecule has 0 spiro atoms. The molecule has 0 radical (unpaired) electrons. The van der Waals surface area contributed by atoms with Crippen molar-refractivity contribution in [3.05, 3.63) is 28.6 Å². The van der Waals surface area contributed by atoms with E-state index in [4.69, 9.17) is 19.7 Å². The molecule has 2 N–H and O–H groups in total. The van der Waals surface area contributed by atoms with Crippen molar-refractivity contribution < 1.29 is 14.0 Å². The van der Waals surface area contributed by atoms with Gasteiger partial charge in [-0.05, 0) is 34.1 Å². The van der Waals surface area contributed by atoms with Crippen LogP contribution in [0.3, 0.4) is 0 Å². The molecule has 1 aromatic heterocycles. The topological polar surface area (TPSA) is 83.4 Å². The first kappa shape index (κ1) is 15.0. The van der Waals surface area contributed by atoms with Gasteiger partial charge in [-0.2, -0.15) is 4.98 Å². The first-order chi connectivity index (χ1) is 9.67. The second-order valence-corrected chi connectivity index (χ2v) is 5.01. The predicted molar refractivity (Wildman–Crippen MR) is 77.5 cm³/mol. The van der Waals surface area contributed by atoms with E-state index in [2.05, 4.69) is 26.1 Å². The molecular formula is C13H16BrN3O3. The summed E-state index contributed by atoms with van der Waals surface area (Å²) in [6.07, 6.45) is 0.378. The zero-order valence-electron chi connectivity index (χ0n) is 11.3. The normalized spacial score (nSPS) is 12.4. The van der Waals surface area contributed by atoms with Gasteiger partial charge in [0.25, 0.3) is 0 Å². The maximum absolute atomic E-state index is 5.57. The number of hydrogen-bond donors (Lipinski definition) is 1. The van der Waals surface area contributed by atoms with Gasteiger partial charge in [-0.3, -0.25) is 0 Å². The van der Waals surface area contributed by atoms with Crippen molar-refractivity contribution in [2.45, 2.75) is 12.5 Å². The Labute approximate surface area is 125 Å². The van der Waals surface area contributed by atoms with Gasteiger partial charge >= 0.3 is 0 Å². The van der Waals surface area contributed by atoms with E-state index in [1.165, 1.54) is 0 Å². The molecule has 0 aliphatic carbocycles. The Morgan fingerprint density at radius 1 is 1.40 bits per heavy atom. The van der Waals surface area contributed by atoms with Crippen LogP contribution in [-0.2, 0) is 11.2 Å². The number of nitrogens with zero attached hydrogens (tertiary/aromatic N) is 2. The van der Waals surface area contributed by atoms with Gasteiger partial charge in [-0.1, -0.05) is 5.16 Å². The van der Waals surface area contributed by atoms with E-state index in [0.717, 1.165) is 15.8 Å². The van der Waals surface area contributed by atoms with Gasteiger partial charge < -0.3 is 19.7 Å². The number of hydrogen-bond acceptors (Lipinski definition) is 6. The minimum Gasteiger partial charge on any atom is -0.496 e. The fourth-order valence-corrected chi connectivity index (χ4v) is 2.26. The fraction of sp³-hybridized carbons (Fsp3) is 0.385. The molecule has 2 rings (SSSR count). The lowest BCUT2D eigenvalue weighted by Crippen LogP contribution is -2.24. The Morgan fingerprint density at radius 3 is 2.80 bits per heavy atom. The Hall–Kier alpha value is -1.44. The van der Waals surface area contributed by atoms with Crippen LogP contribution >= 0.6 is 15.9 Å². The monoisotopic (exact) mass is 341 g/mol. The summed E-state index contributed by atoms with van der Waals surface area (Å²) in [6.45, 7) is 0.405. The molecule has 6 nitrogen and oxygen atoms in total. The molecule has 1 unspecified atom stereocenters. The highest BCUT2D eigenvalue weighted by Crippen LogP contribution is 2.29. The molecule has 0 fully saturated rings. The number of ether oxygens (including phenoxy) is 2. The first-order valence-electron chi connectivity index (χ1n) is 6.07. The fourth-order valence-electron chi connectivity index (χ4n) is 1.72. The molecule has 7 heteroatoms. The lowest BCUT2D eigenvalue weighted by Gasteiger charge is -2.08. The zero-order valence-corrected chi connectivity index (χ0v) is 12.9. The third-order valence-electron chi connectivity index (χ3n) is 2.88. The van der Waals surface area contributed by atoms with Crippen LogP contribution < -0.4 is 10.5 Å². The minimum atomic E-state index is -0.120. The number of rotatable bonds is 6. The summed E-state index contributed by atoms with van der Waals surface area (Å²) in [5, 5.41) is 3.96. The van der Waals surface area contributed by atoms with E-state index in [1.807, 2.05) is 18.2 Å². The quantitative estimate of drug-likeness (QED) is 0.865. The van der Waals surface area contributed by atoms with E-state index >= 15 is 0 Å². The number of halogens is 1. The van der Waals surface area contributed by atoms with E-state index in [1.54, 1.807) is 14.2 Å². The van der Waals surface area contributed by atoms with E-state index in [0.29, 0.717) is 24.7 Å². The van der Waals surface area contributed by atoms with Crippen molar-refractivity contribution in [2.24, 2.45) is 5.73 Å². The van der Waals surface area contributed by atoms with Crippen LogP contribution in [0.15, 0.2) is 27.2 Å². The molecule has 0 aliphatic rings. The first-order valence-corrected chi connectivity index (χ1v) is 6.86.